The Hall–Kier alpha value is -2.91. The highest BCUT2D eigenvalue weighted by Gasteiger charge is 2.47. The van der Waals surface area contributed by atoms with Crippen LogP contribution in [-0.4, -0.2) is 155 Å². The molecule has 0 aromatic heterocycles. The zero-order chi connectivity index (χ0) is 46.9. The molecule has 358 valence electrons. The van der Waals surface area contributed by atoms with Crippen LogP contribution in [0.5, 0.6) is 0 Å². The second-order valence-electron chi connectivity index (χ2n) is 17.6. The van der Waals surface area contributed by atoms with Crippen molar-refractivity contribution >= 4 is 5.97 Å². The number of nitrogens with two attached hydrogens (primary N) is 1. The maximum Gasteiger partial charge on any atom is 0.308 e. The largest absolute Gasteiger partial charge is 0.462 e. The minimum absolute atomic E-state index is 0.0493. The summed E-state index contributed by atoms with van der Waals surface area (Å²) < 4.78 is 23.6. The van der Waals surface area contributed by atoms with Gasteiger partial charge >= 0.3 is 5.97 Å². The number of hydrogen-bond donors (Lipinski definition) is 11. The zero-order valence-corrected chi connectivity index (χ0v) is 37.2. The molecule has 12 N–H and O–H groups in total. The monoisotopic (exact) mass is 894 g/mol. The maximum atomic E-state index is 12.6. The molecule has 2 saturated heterocycles. The van der Waals surface area contributed by atoms with Crippen molar-refractivity contribution in [1.82, 2.24) is 0 Å². The molecule has 16 nitrogen and oxygen atoms in total. The summed E-state index contributed by atoms with van der Waals surface area (Å²) in [4.78, 5) is 12.6. The first-order chi connectivity index (χ1) is 29.7. The van der Waals surface area contributed by atoms with Crippen molar-refractivity contribution in [3.8, 4) is 0 Å². The number of aliphatic hydroxyl groups excluding tert-OH is 9. The van der Waals surface area contributed by atoms with E-state index in [1.165, 1.54) is 0 Å². The highest BCUT2D eigenvalue weighted by atomic mass is 16.7. The van der Waals surface area contributed by atoms with Gasteiger partial charge in [0.15, 0.2) is 12.1 Å². The number of ether oxygens (including phenoxy) is 4. The second kappa shape index (κ2) is 26.9. The molecule has 0 saturated carbocycles. The Bertz CT molecular complexity index is 1570. The zero-order valence-electron chi connectivity index (χ0n) is 37.2. The smallest absolute Gasteiger partial charge is 0.308 e. The summed E-state index contributed by atoms with van der Waals surface area (Å²) in [5.41, 5.74) is 6.05. The molecule has 3 heterocycles. The van der Waals surface area contributed by atoms with Crippen molar-refractivity contribution in [2.24, 2.45) is 23.5 Å². The number of rotatable bonds is 2. The fourth-order valence-corrected chi connectivity index (χ4v) is 7.81. The van der Waals surface area contributed by atoms with Crippen LogP contribution in [0.2, 0.25) is 0 Å². The summed E-state index contributed by atoms with van der Waals surface area (Å²) in [6.45, 7) is 8.60. The van der Waals surface area contributed by atoms with Gasteiger partial charge in [-0.2, -0.15) is 0 Å². The van der Waals surface area contributed by atoms with Crippen molar-refractivity contribution in [3.63, 3.8) is 0 Å². The number of carbonyl (C=O) groups excluding carboxylic acids is 1. The summed E-state index contributed by atoms with van der Waals surface area (Å²) in [5, 5.41) is 108. The fourth-order valence-electron chi connectivity index (χ4n) is 7.81. The number of aliphatic hydroxyl groups is 10. The summed E-state index contributed by atoms with van der Waals surface area (Å²) in [6.07, 6.45) is 8.05. The molecule has 0 radical (unpaired) electrons. The van der Waals surface area contributed by atoms with Crippen molar-refractivity contribution < 1.29 is 74.8 Å². The van der Waals surface area contributed by atoms with Gasteiger partial charge in [-0.15, -0.1) is 0 Å². The SMILES string of the molecule is C[C@@H]1[C@H](O)[C@@H](C)C=CC=CC=CC=CC=CC=CC=C[C@H](O[C@@H]2O[C@H](C)[C@@H](O)[C@H](N)[C@@H]2O)C[C@@H]2O[C@](O)(C[C@@H](O)C[C@@H](O)[C@H](O)CC[C@@H](O)C[C@@H](O)CC(=O)O[C@H]1C)C[C@H](O)[C@H]2C. The van der Waals surface area contributed by atoms with Crippen LogP contribution in [0.3, 0.4) is 0 Å². The summed E-state index contributed by atoms with van der Waals surface area (Å²) in [7, 11) is 0. The van der Waals surface area contributed by atoms with E-state index in [0.717, 1.165) is 0 Å². The number of fused-ring (bicyclic) bond motifs is 2. The molecule has 3 aliphatic heterocycles. The Kier molecular flexibility index (Phi) is 23.2. The van der Waals surface area contributed by atoms with Gasteiger partial charge in [0.25, 0.3) is 0 Å². The van der Waals surface area contributed by atoms with Gasteiger partial charge in [0, 0.05) is 43.4 Å². The molecule has 0 aromatic carbocycles. The Morgan fingerprint density at radius 1 is 0.603 bits per heavy atom. The molecule has 19 atom stereocenters. The molecule has 2 bridgehead atoms. The Morgan fingerprint density at radius 3 is 1.78 bits per heavy atom. The van der Waals surface area contributed by atoms with E-state index in [2.05, 4.69) is 0 Å². The van der Waals surface area contributed by atoms with Crippen LogP contribution in [-0.2, 0) is 23.7 Å². The first-order valence-electron chi connectivity index (χ1n) is 22.2. The topological polar surface area (TPSA) is 282 Å². The summed E-state index contributed by atoms with van der Waals surface area (Å²) in [6, 6.07) is -1.05. The van der Waals surface area contributed by atoms with Crippen LogP contribution in [0.15, 0.2) is 85.1 Å². The lowest BCUT2D eigenvalue weighted by atomic mass is 9.84. The molecule has 0 unspecified atom stereocenters. The lowest BCUT2D eigenvalue weighted by molar-refractivity contribution is -0.309. The number of allylic oxidation sites excluding steroid dienone is 12. The van der Waals surface area contributed by atoms with Crippen molar-refractivity contribution in [2.45, 2.75) is 183 Å². The van der Waals surface area contributed by atoms with E-state index >= 15 is 0 Å². The first kappa shape index (κ1) is 54.4. The van der Waals surface area contributed by atoms with Gasteiger partial charge in [-0.05, 0) is 33.1 Å². The van der Waals surface area contributed by atoms with Crippen LogP contribution in [0.1, 0.15) is 86.0 Å². The molecule has 63 heavy (non-hydrogen) atoms. The van der Waals surface area contributed by atoms with Crippen molar-refractivity contribution in [1.29, 1.82) is 0 Å². The third kappa shape index (κ3) is 18.5. The van der Waals surface area contributed by atoms with E-state index in [9.17, 15) is 55.9 Å². The van der Waals surface area contributed by atoms with Gasteiger partial charge in [-0.1, -0.05) is 106 Å². The second-order valence-corrected chi connectivity index (χ2v) is 17.6. The van der Waals surface area contributed by atoms with Crippen LogP contribution in [0.4, 0.5) is 0 Å². The van der Waals surface area contributed by atoms with Gasteiger partial charge in [0.1, 0.15) is 12.2 Å². The number of hydrogen-bond acceptors (Lipinski definition) is 16. The highest BCUT2D eigenvalue weighted by Crippen LogP contribution is 2.37. The van der Waals surface area contributed by atoms with Crippen molar-refractivity contribution in [2.75, 3.05) is 0 Å². The molecule has 16 heteroatoms. The van der Waals surface area contributed by atoms with E-state index in [1.54, 1.807) is 58.1 Å². The standard InChI is InChI=1S/C47H75NO15/c1-28-18-16-14-12-10-8-6-7-9-11-13-15-17-19-36(62-46-45(58)42(48)44(57)32(5)61-46)25-40-30(3)39(54)27-47(59,63-40)26-35(51)23-38(53)37(52)21-20-33(49)22-34(50)24-41(55)60-31(4)29(2)43(28)56/h6-19,28-40,42-46,49-54,56-59H,20-27,48H2,1-5H3/t28-,29-,30+,31-,32+,33+,34+,35-,36-,37+,38+,39-,40-,42-,43+,44+,45-,46-,47+/m0/s1. The quantitative estimate of drug-likeness (QED) is 0.176. The predicted molar refractivity (Wildman–Crippen MR) is 235 cm³/mol. The van der Waals surface area contributed by atoms with Gasteiger partial charge in [0.2, 0.25) is 0 Å². The number of carbonyl (C=O) groups is 1. The van der Waals surface area contributed by atoms with E-state index in [-0.39, 0.29) is 44.4 Å². The average Bonchev–Trinajstić information content (AvgIpc) is 3.21. The lowest BCUT2D eigenvalue weighted by Gasteiger charge is -2.45. The van der Waals surface area contributed by atoms with E-state index in [0.29, 0.717) is 0 Å². The first-order valence-corrected chi connectivity index (χ1v) is 22.2. The molecular weight excluding hydrogens is 819 g/mol. The van der Waals surface area contributed by atoms with Crippen LogP contribution < -0.4 is 5.73 Å². The van der Waals surface area contributed by atoms with E-state index in [1.807, 2.05) is 61.6 Å². The molecule has 2 fully saturated rings. The van der Waals surface area contributed by atoms with E-state index in [4.69, 9.17) is 24.7 Å². The van der Waals surface area contributed by atoms with E-state index < -0.39 is 128 Å². The lowest BCUT2D eigenvalue weighted by Crippen LogP contribution is -2.61. The minimum atomic E-state index is -2.05. The third-order valence-electron chi connectivity index (χ3n) is 12.1. The summed E-state index contributed by atoms with van der Waals surface area (Å²) in [5.74, 6) is -3.96. The fraction of sp³-hybridized carbons (Fsp3) is 0.681. The summed E-state index contributed by atoms with van der Waals surface area (Å²) >= 11 is 0. The molecule has 0 aromatic rings. The van der Waals surface area contributed by atoms with Crippen LogP contribution in [0, 0.1) is 17.8 Å². The molecule has 0 spiro atoms. The van der Waals surface area contributed by atoms with Crippen molar-refractivity contribution in [3.05, 3.63) is 85.1 Å². The molecule has 3 aliphatic rings. The van der Waals surface area contributed by atoms with Gasteiger partial charge in [0.05, 0.1) is 79.6 Å². The maximum absolute atomic E-state index is 12.6. The normalized spacial score (nSPS) is 43.1. The third-order valence-corrected chi connectivity index (χ3v) is 12.1. The highest BCUT2D eigenvalue weighted by molar-refractivity contribution is 5.70. The predicted octanol–water partition coefficient (Wildman–Crippen LogP) is 1.65. The van der Waals surface area contributed by atoms with Crippen LogP contribution in [0.25, 0.3) is 0 Å². The number of esters is 1. The minimum Gasteiger partial charge on any atom is -0.462 e. The average molecular weight is 894 g/mol. The molecule has 0 aliphatic carbocycles. The molecule has 0 amide bonds. The Balaban J connectivity index is 1.81. The van der Waals surface area contributed by atoms with Gasteiger partial charge in [-0.3, -0.25) is 4.79 Å². The van der Waals surface area contributed by atoms with Crippen LogP contribution >= 0.6 is 0 Å². The number of cyclic esters (lactones) is 1. The van der Waals surface area contributed by atoms with Gasteiger partial charge in [-0.25, -0.2) is 0 Å². The molecule has 3 rings (SSSR count). The van der Waals surface area contributed by atoms with Gasteiger partial charge < -0.3 is 75.7 Å². The molecular formula is C47H75NO15. The Morgan fingerprint density at radius 2 is 1.17 bits per heavy atom. The Labute approximate surface area is 372 Å².